The molecule has 1 N–H and O–H groups in total. The number of ketones is 1. The molecule has 5 heteroatoms. The molecule has 0 aromatic heterocycles. The number of aromatic carboxylic acids is 1. The van der Waals surface area contributed by atoms with E-state index in [-0.39, 0.29) is 17.2 Å². The van der Waals surface area contributed by atoms with Crippen LogP contribution in [0.15, 0.2) is 18.2 Å². The van der Waals surface area contributed by atoms with Gasteiger partial charge in [0.2, 0.25) is 0 Å². The van der Waals surface area contributed by atoms with Crippen LogP contribution in [0.3, 0.4) is 0 Å². The number of rotatable bonds is 4. The highest BCUT2D eigenvalue weighted by Gasteiger charge is 2.22. The van der Waals surface area contributed by atoms with Crippen molar-refractivity contribution in [3.63, 3.8) is 0 Å². The van der Waals surface area contributed by atoms with Crippen molar-refractivity contribution in [1.82, 2.24) is 0 Å². The van der Waals surface area contributed by atoms with Crippen LogP contribution in [0.1, 0.15) is 33.2 Å². The molecule has 0 saturated carbocycles. The van der Waals surface area contributed by atoms with Crippen LogP contribution in [0.4, 0.5) is 0 Å². The molecule has 0 aliphatic carbocycles. The van der Waals surface area contributed by atoms with Crippen molar-refractivity contribution in [3.05, 3.63) is 34.9 Å². The van der Waals surface area contributed by atoms with Crippen LogP contribution in [0, 0.1) is 0 Å². The largest absolute Gasteiger partial charge is 0.478 e. The molecule has 1 atom stereocenters. The summed E-state index contributed by atoms with van der Waals surface area (Å²) >= 11 is 8.92. The Bertz CT molecular complexity index is 431. The predicted molar refractivity (Wildman–Crippen MR) is 65.3 cm³/mol. The second-order valence-corrected chi connectivity index (χ2v) is 4.47. The molecule has 0 fully saturated rings. The number of hydrogen-bond donors (Lipinski definition) is 1. The minimum Gasteiger partial charge on any atom is -0.478 e. The number of carboxylic acids is 1. The number of carbonyl (C=O) groups excluding carboxylic acids is 1. The van der Waals surface area contributed by atoms with Crippen molar-refractivity contribution < 1.29 is 14.7 Å². The maximum absolute atomic E-state index is 11.3. The molecule has 16 heavy (non-hydrogen) atoms. The number of halogens is 2. The molecule has 1 rings (SSSR count). The summed E-state index contributed by atoms with van der Waals surface area (Å²) < 4.78 is 0. The van der Waals surface area contributed by atoms with Crippen LogP contribution in [0.25, 0.3) is 0 Å². The summed E-state index contributed by atoms with van der Waals surface area (Å²) in [6, 6.07) is 4.79. The number of benzene rings is 1. The molecule has 0 aliphatic rings. The van der Waals surface area contributed by atoms with E-state index in [2.05, 4.69) is 15.9 Å². The molecule has 3 nitrogen and oxygen atoms in total. The van der Waals surface area contributed by atoms with E-state index in [0.29, 0.717) is 11.1 Å². The summed E-state index contributed by atoms with van der Waals surface area (Å²) in [5, 5.41) is 9.04. The second-order valence-electron chi connectivity index (χ2n) is 3.29. The van der Waals surface area contributed by atoms with E-state index in [0.717, 1.165) is 0 Å². The van der Waals surface area contributed by atoms with Crippen molar-refractivity contribution in [2.75, 3.05) is 0 Å². The molecule has 0 amide bonds. The Morgan fingerprint density at radius 1 is 1.50 bits per heavy atom. The zero-order valence-corrected chi connectivity index (χ0v) is 10.9. The van der Waals surface area contributed by atoms with Gasteiger partial charge in [0.05, 0.1) is 10.4 Å². The van der Waals surface area contributed by atoms with Crippen LogP contribution < -0.4 is 0 Å². The fourth-order valence-corrected chi connectivity index (χ4v) is 2.19. The first-order chi connectivity index (χ1) is 7.49. The van der Waals surface area contributed by atoms with Gasteiger partial charge in [0.25, 0.3) is 0 Å². The summed E-state index contributed by atoms with van der Waals surface area (Å²) in [4.78, 5) is 21.7. The molecule has 1 aromatic carbocycles. The molecule has 0 saturated heterocycles. The lowest BCUT2D eigenvalue weighted by Crippen LogP contribution is -2.11. The lowest BCUT2D eigenvalue weighted by Gasteiger charge is -2.14. The van der Waals surface area contributed by atoms with E-state index < -0.39 is 10.8 Å². The molecule has 1 unspecified atom stereocenters. The van der Waals surface area contributed by atoms with Gasteiger partial charge < -0.3 is 5.11 Å². The average molecular weight is 306 g/mol. The Hall–Kier alpha value is -0.870. The van der Waals surface area contributed by atoms with E-state index >= 15 is 0 Å². The van der Waals surface area contributed by atoms with E-state index in [1.54, 1.807) is 12.1 Å². The van der Waals surface area contributed by atoms with Gasteiger partial charge in [0, 0.05) is 5.88 Å². The standard InChI is InChI=1S/C11H10BrClO3/c1-6(14)10(12)9-7(5-13)3-2-4-8(9)11(15)16/h2-4,10H,5H2,1H3,(H,15,16). The molecule has 0 bridgehead atoms. The van der Waals surface area contributed by atoms with Gasteiger partial charge in [-0.25, -0.2) is 4.79 Å². The van der Waals surface area contributed by atoms with E-state index in [4.69, 9.17) is 16.7 Å². The van der Waals surface area contributed by atoms with Crippen molar-refractivity contribution in [2.45, 2.75) is 17.6 Å². The highest BCUT2D eigenvalue weighted by atomic mass is 79.9. The first-order valence-electron chi connectivity index (χ1n) is 4.54. The van der Waals surface area contributed by atoms with Gasteiger partial charge in [-0.1, -0.05) is 28.1 Å². The molecule has 1 aromatic rings. The molecule has 0 aliphatic heterocycles. The number of carboxylic acid groups (broad SMARTS) is 1. The number of carbonyl (C=O) groups is 2. The number of alkyl halides is 2. The van der Waals surface area contributed by atoms with Gasteiger partial charge in [0.15, 0.2) is 0 Å². The highest BCUT2D eigenvalue weighted by molar-refractivity contribution is 9.09. The lowest BCUT2D eigenvalue weighted by atomic mass is 9.97. The van der Waals surface area contributed by atoms with Crippen molar-refractivity contribution in [2.24, 2.45) is 0 Å². The summed E-state index contributed by atoms with van der Waals surface area (Å²) in [6.07, 6.45) is 0. The van der Waals surface area contributed by atoms with Gasteiger partial charge in [-0.15, -0.1) is 11.6 Å². The van der Waals surface area contributed by atoms with Gasteiger partial charge in [-0.2, -0.15) is 0 Å². The zero-order chi connectivity index (χ0) is 12.3. The smallest absolute Gasteiger partial charge is 0.336 e. The number of hydrogen-bond acceptors (Lipinski definition) is 2. The van der Waals surface area contributed by atoms with Crippen molar-refractivity contribution in [1.29, 1.82) is 0 Å². The average Bonchev–Trinajstić information content (AvgIpc) is 2.26. The zero-order valence-electron chi connectivity index (χ0n) is 8.54. The van der Waals surface area contributed by atoms with Crippen molar-refractivity contribution in [3.8, 4) is 0 Å². The fraction of sp³-hybridized carbons (Fsp3) is 0.273. The maximum Gasteiger partial charge on any atom is 0.336 e. The van der Waals surface area contributed by atoms with E-state index in [1.165, 1.54) is 13.0 Å². The normalized spacial score (nSPS) is 12.2. The van der Waals surface area contributed by atoms with E-state index in [9.17, 15) is 9.59 Å². The maximum atomic E-state index is 11.3. The van der Waals surface area contributed by atoms with E-state index in [1.807, 2.05) is 0 Å². The molecular formula is C11H10BrClO3. The van der Waals surface area contributed by atoms with Crippen LogP contribution in [0.2, 0.25) is 0 Å². The van der Waals surface area contributed by atoms with Crippen LogP contribution in [-0.4, -0.2) is 16.9 Å². The summed E-state index contributed by atoms with van der Waals surface area (Å²) in [7, 11) is 0. The first kappa shape index (κ1) is 13.2. The molecule has 0 radical (unpaired) electrons. The quantitative estimate of drug-likeness (QED) is 0.869. The SMILES string of the molecule is CC(=O)C(Br)c1c(CCl)cccc1C(=O)O. The highest BCUT2D eigenvalue weighted by Crippen LogP contribution is 2.31. The first-order valence-corrected chi connectivity index (χ1v) is 5.99. The summed E-state index contributed by atoms with van der Waals surface area (Å²) in [5.74, 6) is -1.04. The Labute approximate surface area is 107 Å². The third-order valence-electron chi connectivity index (χ3n) is 2.18. The van der Waals surface area contributed by atoms with Crippen LogP contribution in [0.5, 0.6) is 0 Å². The van der Waals surface area contributed by atoms with Gasteiger partial charge in [0.1, 0.15) is 5.78 Å². The lowest BCUT2D eigenvalue weighted by molar-refractivity contribution is -0.116. The van der Waals surface area contributed by atoms with Crippen LogP contribution in [-0.2, 0) is 10.7 Å². The minimum absolute atomic E-state index is 0.107. The van der Waals surface area contributed by atoms with Gasteiger partial charge >= 0.3 is 5.97 Å². The monoisotopic (exact) mass is 304 g/mol. The Kier molecular flexibility index (Phi) is 4.50. The minimum atomic E-state index is -1.06. The molecule has 0 spiro atoms. The van der Waals surface area contributed by atoms with Crippen molar-refractivity contribution >= 4 is 39.3 Å². The Morgan fingerprint density at radius 3 is 2.56 bits per heavy atom. The summed E-state index contributed by atoms with van der Waals surface area (Å²) in [6.45, 7) is 1.40. The predicted octanol–water partition coefficient (Wildman–Crippen LogP) is 3.15. The third-order valence-corrected chi connectivity index (χ3v) is 3.57. The molecular weight excluding hydrogens is 295 g/mol. The Morgan fingerprint density at radius 2 is 2.12 bits per heavy atom. The second kappa shape index (κ2) is 5.46. The van der Waals surface area contributed by atoms with Gasteiger partial charge in [-0.3, -0.25) is 4.79 Å². The van der Waals surface area contributed by atoms with Crippen LogP contribution >= 0.6 is 27.5 Å². The molecule has 0 heterocycles. The summed E-state index contributed by atoms with van der Waals surface area (Å²) in [5.41, 5.74) is 1.20. The third kappa shape index (κ3) is 2.62. The molecule has 86 valence electrons. The topological polar surface area (TPSA) is 54.4 Å². The Balaban J connectivity index is 3.41. The fourth-order valence-electron chi connectivity index (χ4n) is 1.42. The number of Topliss-reactive ketones (excluding diaryl/α,β-unsaturated/α-hetero) is 1. The van der Waals surface area contributed by atoms with Gasteiger partial charge in [-0.05, 0) is 24.1 Å².